The van der Waals surface area contributed by atoms with Gasteiger partial charge in [0.25, 0.3) is 0 Å². The highest BCUT2D eigenvalue weighted by Crippen LogP contribution is 2.09. The van der Waals surface area contributed by atoms with Crippen LogP contribution in [0.3, 0.4) is 0 Å². The van der Waals surface area contributed by atoms with Gasteiger partial charge < -0.3 is 9.47 Å². The Morgan fingerprint density at radius 3 is 0.944 bits per heavy atom. The molecule has 0 aromatic carbocycles. The van der Waals surface area contributed by atoms with E-state index in [-0.39, 0.29) is 0 Å². The van der Waals surface area contributed by atoms with Crippen LogP contribution < -0.4 is 0 Å². The third-order valence-corrected chi connectivity index (χ3v) is 6.54. The molecule has 0 N–H and O–H groups in total. The zero-order chi connectivity index (χ0) is 12.7. The zero-order valence-electron chi connectivity index (χ0n) is 10.9. The molecule has 0 aromatic rings. The molecular weight excluding hydrogens is 304 g/mol. The van der Waals surface area contributed by atoms with E-state index in [2.05, 4.69) is 0 Å². The first-order valence-electron chi connectivity index (χ1n) is 6.46. The van der Waals surface area contributed by atoms with Crippen molar-refractivity contribution < 1.29 is 9.47 Å². The lowest BCUT2D eigenvalue weighted by Crippen LogP contribution is -2.05. The van der Waals surface area contributed by atoms with Gasteiger partial charge in [0.15, 0.2) is 0 Å². The molecule has 0 spiro atoms. The highest BCUT2D eigenvalue weighted by atomic mass is 32.2. The van der Waals surface area contributed by atoms with Crippen molar-refractivity contribution in [2.45, 2.75) is 0 Å². The molecule has 0 radical (unpaired) electrons. The minimum absolute atomic E-state index is 0.910. The number of hydrogen-bond acceptors (Lipinski definition) is 6. The van der Waals surface area contributed by atoms with Gasteiger partial charge in [-0.3, -0.25) is 0 Å². The van der Waals surface area contributed by atoms with Crippen LogP contribution in [0.25, 0.3) is 0 Å². The molecule has 1 rings (SSSR count). The van der Waals surface area contributed by atoms with E-state index >= 15 is 0 Å². The normalized spacial score (nSPS) is 24.0. The SMILES string of the molecule is C1CSCCSCCOCCSCCSCCO1. The first-order chi connectivity index (χ1) is 9.00. The van der Waals surface area contributed by atoms with E-state index in [0.717, 1.165) is 49.4 Å². The van der Waals surface area contributed by atoms with Crippen molar-refractivity contribution >= 4 is 47.0 Å². The molecule has 1 aliphatic rings. The highest BCUT2D eigenvalue weighted by molar-refractivity contribution is 8.03. The van der Waals surface area contributed by atoms with Crippen molar-refractivity contribution in [1.82, 2.24) is 0 Å². The van der Waals surface area contributed by atoms with Crippen LogP contribution in [0.4, 0.5) is 0 Å². The van der Waals surface area contributed by atoms with Crippen LogP contribution in [0.15, 0.2) is 0 Å². The van der Waals surface area contributed by atoms with E-state index in [1.54, 1.807) is 0 Å². The van der Waals surface area contributed by atoms with Gasteiger partial charge in [-0.2, -0.15) is 47.0 Å². The van der Waals surface area contributed by atoms with Crippen molar-refractivity contribution in [3.8, 4) is 0 Å². The number of hydrogen-bond donors (Lipinski definition) is 0. The molecule has 0 atom stereocenters. The van der Waals surface area contributed by atoms with Gasteiger partial charge in [-0.25, -0.2) is 0 Å². The minimum Gasteiger partial charge on any atom is -0.380 e. The first-order valence-corrected chi connectivity index (χ1v) is 11.1. The fourth-order valence-electron chi connectivity index (χ4n) is 1.32. The maximum absolute atomic E-state index is 5.60. The Labute approximate surface area is 128 Å². The lowest BCUT2D eigenvalue weighted by atomic mass is 10.8. The molecule has 0 saturated carbocycles. The fourth-order valence-corrected chi connectivity index (χ4v) is 4.96. The predicted molar refractivity (Wildman–Crippen MR) is 90.9 cm³/mol. The molecule has 2 nitrogen and oxygen atoms in total. The van der Waals surface area contributed by atoms with Gasteiger partial charge in [-0.15, -0.1) is 0 Å². The summed E-state index contributed by atoms with van der Waals surface area (Å²) in [7, 11) is 0. The van der Waals surface area contributed by atoms with Crippen molar-refractivity contribution in [3.63, 3.8) is 0 Å². The Bertz CT molecular complexity index is 97.1. The second-order valence-electron chi connectivity index (χ2n) is 3.67. The fraction of sp³-hybridized carbons (Fsp3) is 1.00. The monoisotopic (exact) mass is 328 g/mol. The quantitative estimate of drug-likeness (QED) is 0.676. The third kappa shape index (κ3) is 12.4. The predicted octanol–water partition coefficient (Wildman–Crippen LogP) is 2.97. The summed E-state index contributed by atoms with van der Waals surface area (Å²) in [5, 5.41) is 0. The topological polar surface area (TPSA) is 18.5 Å². The van der Waals surface area contributed by atoms with Crippen molar-refractivity contribution in [3.05, 3.63) is 0 Å². The van der Waals surface area contributed by atoms with Gasteiger partial charge in [0.2, 0.25) is 0 Å². The molecule has 0 aliphatic carbocycles. The summed E-state index contributed by atoms with van der Waals surface area (Å²) in [5.74, 6) is 9.48. The molecule has 1 heterocycles. The summed E-state index contributed by atoms with van der Waals surface area (Å²) in [4.78, 5) is 0. The Morgan fingerprint density at radius 1 is 0.389 bits per heavy atom. The number of ether oxygens (including phenoxy) is 2. The second kappa shape index (κ2) is 14.7. The Morgan fingerprint density at radius 2 is 0.667 bits per heavy atom. The molecule has 1 fully saturated rings. The molecule has 0 bridgehead atoms. The van der Waals surface area contributed by atoms with E-state index in [0.29, 0.717) is 0 Å². The average molecular weight is 329 g/mol. The molecule has 1 aliphatic heterocycles. The van der Waals surface area contributed by atoms with Crippen molar-refractivity contribution in [2.24, 2.45) is 0 Å². The van der Waals surface area contributed by atoms with E-state index in [9.17, 15) is 0 Å². The summed E-state index contributed by atoms with van der Waals surface area (Å²) in [5.41, 5.74) is 0. The molecule has 1 saturated heterocycles. The second-order valence-corrected chi connectivity index (χ2v) is 8.57. The molecular formula is C12H24O2S4. The molecule has 18 heavy (non-hydrogen) atoms. The summed E-state index contributed by atoms with van der Waals surface area (Å²) in [6, 6.07) is 0. The largest absolute Gasteiger partial charge is 0.380 e. The van der Waals surface area contributed by atoms with Gasteiger partial charge in [-0.05, 0) is 0 Å². The molecule has 0 unspecified atom stereocenters. The Balaban J connectivity index is 2.00. The van der Waals surface area contributed by atoms with Crippen LogP contribution in [-0.2, 0) is 9.47 Å². The zero-order valence-corrected chi connectivity index (χ0v) is 14.2. The third-order valence-electron chi connectivity index (χ3n) is 2.23. The van der Waals surface area contributed by atoms with Gasteiger partial charge in [0, 0.05) is 46.0 Å². The number of thioether (sulfide) groups is 4. The number of rotatable bonds is 0. The molecule has 0 aromatic heterocycles. The summed E-state index contributed by atoms with van der Waals surface area (Å²) in [6.07, 6.45) is 0. The van der Waals surface area contributed by atoms with Crippen LogP contribution in [0.1, 0.15) is 0 Å². The van der Waals surface area contributed by atoms with Crippen LogP contribution in [0, 0.1) is 0 Å². The Hall–Kier alpha value is 1.32. The van der Waals surface area contributed by atoms with Crippen LogP contribution in [0.5, 0.6) is 0 Å². The van der Waals surface area contributed by atoms with Gasteiger partial charge in [0.05, 0.1) is 26.4 Å². The van der Waals surface area contributed by atoms with E-state index in [1.165, 1.54) is 23.0 Å². The van der Waals surface area contributed by atoms with Gasteiger partial charge >= 0.3 is 0 Å². The van der Waals surface area contributed by atoms with Gasteiger partial charge in [-0.1, -0.05) is 0 Å². The molecule has 6 heteroatoms. The van der Waals surface area contributed by atoms with E-state index in [4.69, 9.17) is 9.47 Å². The lowest BCUT2D eigenvalue weighted by molar-refractivity contribution is 0.167. The smallest absolute Gasteiger partial charge is 0.0557 e. The van der Waals surface area contributed by atoms with Crippen LogP contribution in [-0.4, -0.2) is 72.5 Å². The van der Waals surface area contributed by atoms with Crippen LogP contribution >= 0.6 is 47.0 Å². The summed E-state index contributed by atoms with van der Waals surface area (Å²) >= 11 is 8.00. The standard InChI is InChI=1S/C12H24O2S4/c1-5-15-9-10-17-7-3-14-4-8-18-12-11-16-6-2-13-1/h1-12H2. The van der Waals surface area contributed by atoms with Crippen molar-refractivity contribution in [2.75, 3.05) is 72.5 Å². The van der Waals surface area contributed by atoms with Gasteiger partial charge in [0.1, 0.15) is 0 Å². The average Bonchev–Trinajstić information content (AvgIpc) is 2.39. The minimum atomic E-state index is 0.910. The summed E-state index contributed by atoms with van der Waals surface area (Å²) in [6.45, 7) is 3.64. The molecule has 108 valence electrons. The van der Waals surface area contributed by atoms with E-state index < -0.39 is 0 Å². The Kier molecular flexibility index (Phi) is 14.2. The first kappa shape index (κ1) is 17.4. The highest BCUT2D eigenvalue weighted by Gasteiger charge is 1.96. The maximum Gasteiger partial charge on any atom is 0.0557 e. The van der Waals surface area contributed by atoms with Crippen LogP contribution in [0.2, 0.25) is 0 Å². The maximum atomic E-state index is 5.60. The molecule has 0 amide bonds. The summed E-state index contributed by atoms with van der Waals surface area (Å²) < 4.78 is 11.2. The van der Waals surface area contributed by atoms with E-state index in [1.807, 2.05) is 47.0 Å². The van der Waals surface area contributed by atoms with Crippen molar-refractivity contribution in [1.29, 1.82) is 0 Å². The lowest BCUT2D eigenvalue weighted by Gasteiger charge is -2.07.